The molecule has 1 saturated heterocycles. The fraction of sp³-hybridized carbons (Fsp3) is 0.409. The van der Waals surface area contributed by atoms with Crippen LogP contribution in [0.5, 0.6) is 5.75 Å². The highest BCUT2D eigenvalue weighted by Gasteiger charge is 2.22. The molecule has 28 heavy (non-hydrogen) atoms. The van der Waals surface area contributed by atoms with Crippen LogP contribution in [0, 0.1) is 5.92 Å². The van der Waals surface area contributed by atoms with Gasteiger partial charge in [-0.2, -0.15) is 0 Å². The maximum Gasteiger partial charge on any atom is 0.189 e. The number of ether oxygens (including phenoxy) is 1. The van der Waals surface area contributed by atoms with E-state index in [1.165, 1.54) is 5.69 Å². The van der Waals surface area contributed by atoms with Gasteiger partial charge in [-0.25, -0.2) is 0 Å². The van der Waals surface area contributed by atoms with E-state index in [9.17, 15) is 0 Å². The number of piperidine rings is 1. The van der Waals surface area contributed by atoms with Crippen LogP contribution in [0.3, 0.4) is 0 Å². The number of hydrogen-bond acceptors (Lipinski definition) is 3. The largest absolute Gasteiger partial charge is 0.493 e. The summed E-state index contributed by atoms with van der Waals surface area (Å²) in [6, 6.07) is 19.0. The number of nitrogens with two attached hydrogens (primary N) is 1. The van der Waals surface area contributed by atoms with Gasteiger partial charge in [0.2, 0.25) is 0 Å². The van der Waals surface area contributed by atoms with Gasteiger partial charge in [-0.05, 0) is 37.0 Å². The smallest absolute Gasteiger partial charge is 0.189 e. The van der Waals surface area contributed by atoms with Crippen molar-refractivity contribution in [3.63, 3.8) is 0 Å². The quantitative estimate of drug-likeness (QED) is 0.386. The molecule has 2 aromatic carbocycles. The topological polar surface area (TPSA) is 62.9 Å². The molecule has 0 spiro atoms. The summed E-state index contributed by atoms with van der Waals surface area (Å²) in [5.41, 5.74) is 8.67. The van der Waals surface area contributed by atoms with Crippen molar-refractivity contribution in [2.24, 2.45) is 16.6 Å². The van der Waals surface area contributed by atoms with Gasteiger partial charge in [0.25, 0.3) is 0 Å². The molecule has 0 amide bonds. The normalized spacial score (nSPS) is 19.9. The van der Waals surface area contributed by atoms with Crippen molar-refractivity contribution < 1.29 is 4.74 Å². The van der Waals surface area contributed by atoms with Crippen molar-refractivity contribution in [3.8, 4) is 5.75 Å². The summed E-state index contributed by atoms with van der Waals surface area (Å²) in [6.45, 7) is 3.68. The maximum atomic E-state index is 6.18. The lowest BCUT2D eigenvalue weighted by Gasteiger charge is -2.33. The Morgan fingerprint density at radius 2 is 1.75 bits per heavy atom. The summed E-state index contributed by atoms with van der Waals surface area (Å²) in [5, 5.41) is 3.39. The lowest BCUT2D eigenvalue weighted by Crippen LogP contribution is -2.38. The van der Waals surface area contributed by atoms with Crippen molar-refractivity contribution in [1.82, 2.24) is 5.32 Å². The highest BCUT2D eigenvalue weighted by atomic mass is 127. The number of halogens is 1. The van der Waals surface area contributed by atoms with Crippen LogP contribution in [0.25, 0.3) is 0 Å². The molecule has 1 atom stereocenters. The number of para-hydroxylation sites is 2. The molecule has 1 unspecified atom stereocenters. The average Bonchev–Trinajstić information content (AvgIpc) is 2.74. The molecule has 2 aromatic rings. The van der Waals surface area contributed by atoms with E-state index in [0.29, 0.717) is 18.5 Å². The van der Waals surface area contributed by atoms with Crippen LogP contribution in [0.15, 0.2) is 59.6 Å². The number of guanidine groups is 1. The van der Waals surface area contributed by atoms with Crippen molar-refractivity contribution in [2.45, 2.75) is 25.3 Å². The Morgan fingerprint density at radius 3 is 2.54 bits per heavy atom. The number of hydrogen-bond donors (Lipinski definition) is 2. The standard InChI is InChI=1S/C22H28N4O.HI/c23-22(25-20-12-15-27-21-9-5-4-8-19(20)21)24-16-17-10-13-26(14-11-17)18-6-2-1-3-7-18;/h1-9,17,20H,10-16H2,(H3,23,24,25);1H. The van der Waals surface area contributed by atoms with Gasteiger partial charge < -0.3 is 20.7 Å². The summed E-state index contributed by atoms with van der Waals surface area (Å²) in [6.07, 6.45) is 3.22. The first-order chi connectivity index (χ1) is 13.3. The molecule has 3 N–H and O–H groups in total. The first-order valence-electron chi connectivity index (χ1n) is 9.88. The molecule has 2 aliphatic heterocycles. The van der Waals surface area contributed by atoms with Gasteiger partial charge in [0.05, 0.1) is 12.6 Å². The molecule has 2 heterocycles. The van der Waals surface area contributed by atoms with Crippen molar-refractivity contribution in [1.29, 1.82) is 0 Å². The minimum absolute atomic E-state index is 0. The minimum atomic E-state index is 0. The molecule has 0 aromatic heterocycles. The van der Waals surface area contributed by atoms with Gasteiger partial charge in [-0.1, -0.05) is 36.4 Å². The number of nitrogens with zero attached hydrogens (tertiary/aromatic N) is 2. The van der Waals surface area contributed by atoms with E-state index in [4.69, 9.17) is 10.5 Å². The van der Waals surface area contributed by atoms with Crippen LogP contribution in [-0.2, 0) is 0 Å². The van der Waals surface area contributed by atoms with E-state index < -0.39 is 0 Å². The Labute approximate surface area is 184 Å². The van der Waals surface area contributed by atoms with Crippen LogP contribution in [0.1, 0.15) is 30.9 Å². The Hall–Kier alpha value is -1.96. The second kappa shape index (κ2) is 10.0. The Morgan fingerprint density at radius 1 is 1.04 bits per heavy atom. The lowest BCUT2D eigenvalue weighted by atomic mass is 9.96. The van der Waals surface area contributed by atoms with Gasteiger partial charge >= 0.3 is 0 Å². The zero-order chi connectivity index (χ0) is 18.5. The van der Waals surface area contributed by atoms with Gasteiger partial charge in [0.15, 0.2) is 5.96 Å². The summed E-state index contributed by atoms with van der Waals surface area (Å²) >= 11 is 0. The Balaban J connectivity index is 0.00000225. The summed E-state index contributed by atoms with van der Waals surface area (Å²) in [7, 11) is 0. The van der Waals surface area contributed by atoms with E-state index in [-0.39, 0.29) is 30.0 Å². The van der Waals surface area contributed by atoms with Crippen molar-refractivity contribution in [2.75, 3.05) is 31.1 Å². The molecular formula is C22H29IN4O. The van der Waals surface area contributed by atoms with Crippen LogP contribution in [-0.4, -0.2) is 32.2 Å². The van der Waals surface area contributed by atoms with Gasteiger partial charge in [-0.15, -0.1) is 24.0 Å². The van der Waals surface area contributed by atoms with E-state index >= 15 is 0 Å². The summed E-state index contributed by atoms with van der Waals surface area (Å²) < 4.78 is 5.71. The third kappa shape index (κ3) is 5.10. The zero-order valence-electron chi connectivity index (χ0n) is 16.1. The first-order valence-corrected chi connectivity index (χ1v) is 9.88. The second-order valence-corrected chi connectivity index (χ2v) is 7.36. The van der Waals surface area contributed by atoms with Gasteiger partial charge in [0, 0.05) is 37.3 Å². The highest BCUT2D eigenvalue weighted by molar-refractivity contribution is 14.0. The number of anilines is 1. The number of aliphatic imine (C=N–C) groups is 1. The van der Waals surface area contributed by atoms with Crippen molar-refractivity contribution in [3.05, 3.63) is 60.2 Å². The molecule has 150 valence electrons. The number of nitrogens with one attached hydrogen (secondary N) is 1. The lowest BCUT2D eigenvalue weighted by molar-refractivity contribution is 0.262. The number of fused-ring (bicyclic) bond motifs is 1. The van der Waals surface area contributed by atoms with E-state index in [2.05, 4.69) is 51.6 Å². The monoisotopic (exact) mass is 492 g/mol. The van der Waals surface area contributed by atoms with E-state index in [1.54, 1.807) is 0 Å². The van der Waals surface area contributed by atoms with Gasteiger partial charge in [-0.3, -0.25) is 4.99 Å². The number of benzene rings is 2. The minimum Gasteiger partial charge on any atom is -0.493 e. The molecule has 4 rings (SSSR count). The van der Waals surface area contributed by atoms with E-state index in [0.717, 1.165) is 50.2 Å². The molecule has 5 nitrogen and oxygen atoms in total. The summed E-state index contributed by atoms with van der Waals surface area (Å²) in [4.78, 5) is 7.10. The average molecular weight is 492 g/mol. The maximum absolute atomic E-state index is 6.18. The fourth-order valence-corrected chi connectivity index (χ4v) is 3.96. The van der Waals surface area contributed by atoms with Gasteiger partial charge in [0.1, 0.15) is 5.75 Å². The van der Waals surface area contributed by atoms with Crippen molar-refractivity contribution >= 4 is 35.6 Å². The van der Waals surface area contributed by atoms with Crippen LogP contribution in [0.4, 0.5) is 5.69 Å². The first kappa shape index (κ1) is 20.8. The van der Waals surface area contributed by atoms with Crippen LogP contribution < -0.4 is 20.7 Å². The molecule has 1 fully saturated rings. The Bertz CT molecular complexity index is 775. The molecule has 0 aliphatic carbocycles. The predicted molar refractivity (Wildman–Crippen MR) is 126 cm³/mol. The zero-order valence-corrected chi connectivity index (χ0v) is 18.4. The molecule has 6 heteroatoms. The molecule has 0 saturated carbocycles. The number of rotatable bonds is 4. The molecular weight excluding hydrogens is 463 g/mol. The molecule has 0 bridgehead atoms. The predicted octanol–water partition coefficient (Wildman–Crippen LogP) is 3.95. The third-order valence-corrected chi connectivity index (χ3v) is 5.54. The van der Waals surface area contributed by atoms with E-state index in [1.807, 2.05) is 18.2 Å². The third-order valence-electron chi connectivity index (χ3n) is 5.54. The molecule has 2 aliphatic rings. The second-order valence-electron chi connectivity index (χ2n) is 7.36. The SMILES string of the molecule is I.NC(=NCC1CCN(c2ccccc2)CC1)NC1CCOc2ccccc21. The Kier molecular flexibility index (Phi) is 7.42. The summed E-state index contributed by atoms with van der Waals surface area (Å²) in [5.74, 6) is 2.09. The molecule has 0 radical (unpaired) electrons. The fourth-order valence-electron chi connectivity index (χ4n) is 3.96. The highest BCUT2D eigenvalue weighted by Crippen LogP contribution is 2.31. The van der Waals surface area contributed by atoms with Crippen LogP contribution >= 0.6 is 24.0 Å². The van der Waals surface area contributed by atoms with Crippen LogP contribution in [0.2, 0.25) is 0 Å².